The molecule has 1 saturated carbocycles. The number of nitrogens with two attached hydrogens (primary N) is 1. The van der Waals surface area contributed by atoms with Crippen LogP contribution in [-0.2, 0) is 0 Å². The molecule has 1 rings (SSSR count). The Morgan fingerprint density at radius 3 is 2.85 bits per heavy atom. The lowest BCUT2D eigenvalue weighted by Gasteiger charge is -2.33. The Morgan fingerprint density at radius 2 is 2.31 bits per heavy atom. The van der Waals surface area contributed by atoms with Crippen LogP contribution < -0.4 is 11.1 Å². The van der Waals surface area contributed by atoms with E-state index in [-0.39, 0.29) is 0 Å². The summed E-state index contributed by atoms with van der Waals surface area (Å²) in [6.45, 7) is 3.24. The zero-order valence-electron chi connectivity index (χ0n) is 8.16. The van der Waals surface area contributed by atoms with Crippen LogP contribution in [0.4, 0.5) is 0 Å². The predicted molar refractivity (Wildman–Crippen MR) is 52.8 cm³/mol. The van der Waals surface area contributed by atoms with Gasteiger partial charge in [0.05, 0.1) is 0 Å². The van der Waals surface area contributed by atoms with Crippen molar-refractivity contribution in [1.82, 2.24) is 5.32 Å². The van der Waals surface area contributed by atoms with E-state index in [1.54, 1.807) is 0 Å². The summed E-state index contributed by atoms with van der Waals surface area (Å²) in [5, 5.41) is 14.6. The third-order valence-corrected chi connectivity index (χ3v) is 2.54. The molecule has 4 nitrogen and oxygen atoms in total. The monoisotopic (exact) mass is 185 g/mol. The summed E-state index contributed by atoms with van der Waals surface area (Å²) in [4.78, 5) is 0. The molecule has 0 radical (unpaired) electrons. The van der Waals surface area contributed by atoms with Gasteiger partial charge in [0, 0.05) is 12.5 Å². The summed E-state index contributed by atoms with van der Waals surface area (Å²) in [6, 6.07) is 0.710. The van der Waals surface area contributed by atoms with E-state index >= 15 is 0 Å². The average Bonchev–Trinajstić information content (AvgIpc) is 2.08. The smallest absolute Gasteiger partial charge is 0.139 e. The van der Waals surface area contributed by atoms with Crippen molar-refractivity contribution in [2.45, 2.75) is 38.6 Å². The second-order valence-corrected chi connectivity index (χ2v) is 3.92. The first-order valence-corrected chi connectivity index (χ1v) is 4.92. The fraction of sp³-hybridized carbons (Fsp3) is 0.889. The van der Waals surface area contributed by atoms with E-state index in [0.29, 0.717) is 18.3 Å². The number of hydrogen-bond acceptors (Lipinski definition) is 3. The molecule has 1 aliphatic carbocycles. The molecule has 0 aromatic carbocycles. The Hall–Kier alpha value is -0.770. The van der Waals surface area contributed by atoms with Crippen LogP contribution in [0.3, 0.4) is 0 Å². The molecule has 0 unspecified atom stereocenters. The number of nitrogens with one attached hydrogen (secondary N) is 1. The zero-order chi connectivity index (χ0) is 9.68. The van der Waals surface area contributed by atoms with Gasteiger partial charge in [0.1, 0.15) is 5.84 Å². The highest BCUT2D eigenvalue weighted by molar-refractivity contribution is 5.79. The molecule has 0 aliphatic heterocycles. The standard InChI is InChI=1S/C9H19N3O/c1-7-5-8(6-7)11-4-2-3-9(10)12-13/h7-8,11,13H,2-6H2,1H3,(H2,10,12). The first-order chi connectivity index (χ1) is 6.22. The minimum atomic E-state index is 0.323. The number of hydrogen-bond donors (Lipinski definition) is 3. The van der Waals surface area contributed by atoms with Crippen LogP contribution in [0.15, 0.2) is 5.16 Å². The van der Waals surface area contributed by atoms with Gasteiger partial charge >= 0.3 is 0 Å². The third-order valence-electron chi connectivity index (χ3n) is 2.54. The topological polar surface area (TPSA) is 70.6 Å². The van der Waals surface area contributed by atoms with Gasteiger partial charge in [0.2, 0.25) is 0 Å². The summed E-state index contributed by atoms with van der Waals surface area (Å²) in [7, 11) is 0. The van der Waals surface area contributed by atoms with Crippen molar-refractivity contribution in [2.24, 2.45) is 16.8 Å². The van der Waals surface area contributed by atoms with Crippen molar-refractivity contribution in [3.8, 4) is 0 Å². The zero-order valence-corrected chi connectivity index (χ0v) is 8.16. The molecule has 0 bridgehead atoms. The third kappa shape index (κ3) is 3.63. The van der Waals surface area contributed by atoms with Crippen molar-refractivity contribution in [1.29, 1.82) is 0 Å². The predicted octanol–water partition coefficient (Wildman–Crippen LogP) is 0.901. The average molecular weight is 185 g/mol. The highest BCUT2D eigenvalue weighted by atomic mass is 16.4. The molecule has 0 aromatic heterocycles. The lowest BCUT2D eigenvalue weighted by atomic mass is 9.82. The SMILES string of the molecule is CC1CC(NCCCC(N)=NO)C1. The van der Waals surface area contributed by atoms with Crippen LogP contribution in [0, 0.1) is 5.92 Å². The molecular formula is C9H19N3O. The highest BCUT2D eigenvalue weighted by Crippen LogP contribution is 2.25. The van der Waals surface area contributed by atoms with E-state index in [9.17, 15) is 0 Å². The van der Waals surface area contributed by atoms with Crippen molar-refractivity contribution in [2.75, 3.05) is 6.54 Å². The molecule has 76 valence electrons. The van der Waals surface area contributed by atoms with Gasteiger partial charge in [-0.05, 0) is 31.7 Å². The first kappa shape index (κ1) is 10.3. The Kier molecular flexibility index (Phi) is 4.02. The maximum absolute atomic E-state index is 8.28. The van der Waals surface area contributed by atoms with Crippen LogP contribution in [0.2, 0.25) is 0 Å². The molecule has 1 aliphatic rings. The van der Waals surface area contributed by atoms with Gasteiger partial charge in [-0.15, -0.1) is 0 Å². The minimum Gasteiger partial charge on any atom is -0.409 e. The molecule has 13 heavy (non-hydrogen) atoms. The van der Waals surface area contributed by atoms with Crippen LogP contribution in [0.25, 0.3) is 0 Å². The second-order valence-electron chi connectivity index (χ2n) is 3.92. The Bertz CT molecular complexity index is 176. The number of nitrogens with zero attached hydrogens (tertiary/aromatic N) is 1. The molecule has 4 N–H and O–H groups in total. The Balaban J connectivity index is 1.90. The van der Waals surface area contributed by atoms with E-state index in [0.717, 1.165) is 18.9 Å². The molecular weight excluding hydrogens is 166 g/mol. The molecule has 0 heterocycles. The van der Waals surface area contributed by atoms with E-state index in [1.807, 2.05) is 0 Å². The summed E-state index contributed by atoms with van der Waals surface area (Å²) in [5.74, 6) is 1.21. The summed E-state index contributed by atoms with van der Waals surface area (Å²) in [6.07, 6.45) is 4.21. The molecule has 0 amide bonds. The fourth-order valence-corrected chi connectivity index (χ4v) is 1.69. The van der Waals surface area contributed by atoms with Gasteiger partial charge in [-0.25, -0.2) is 0 Å². The van der Waals surface area contributed by atoms with Gasteiger partial charge in [-0.1, -0.05) is 12.1 Å². The molecule has 0 atom stereocenters. The van der Waals surface area contributed by atoms with E-state index in [2.05, 4.69) is 17.4 Å². The normalized spacial score (nSPS) is 28.5. The van der Waals surface area contributed by atoms with Crippen molar-refractivity contribution in [3.63, 3.8) is 0 Å². The molecule has 0 saturated heterocycles. The van der Waals surface area contributed by atoms with Crippen molar-refractivity contribution in [3.05, 3.63) is 0 Å². The number of amidine groups is 1. The van der Waals surface area contributed by atoms with E-state index < -0.39 is 0 Å². The largest absolute Gasteiger partial charge is 0.409 e. The number of rotatable bonds is 5. The minimum absolute atomic E-state index is 0.323. The van der Waals surface area contributed by atoms with Crippen LogP contribution >= 0.6 is 0 Å². The summed E-state index contributed by atoms with van der Waals surface area (Å²) < 4.78 is 0. The quantitative estimate of drug-likeness (QED) is 0.196. The van der Waals surface area contributed by atoms with Gasteiger partial charge in [0.15, 0.2) is 0 Å². The van der Waals surface area contributed by atoms with E-state index in [4.69, 9.17) is 10.9 Å². The van der Waals surface area contributed by atoms with Gasteiger partial charge in [-0.3, -0.25) is 0 Å². The lowest BCUT2D eigenvalue weighted by molar-refractivity contribution is 0.242. The summed E-state index contributed by atoms with van der Waals surface area (Å²) >= 11 is 0. The lowest BCUT2D eigenvalue weighted by Crippen LogP contribution is -2.40. The summed E-state index contributed by atoms with van der Waals surface area (Å²) in [5.41, 5.74) is 5.33. The molecule has 4 heteroatoms. The number of oxime groups is 1. The Labute approximate surface area is 79.2 Å². The Morgan fingerprint density at radius 1 is 1.62 bits per heavy atom. The maximum Gasteiger partial charge on any atom is 0.139 e. The molecule has 0 spiro atoms. The van der Waals surface area contributed by atoms with Gasteiger partial charge in [-0.2, -0.15) is 0 Å². The molecule has 0 aromatic rings. The maximum atomic E-state index is 8.28. The highest BCUT2D eigenvalue weighted by Gasteiger charge is 2.23. The van der Waals surface area contributed by atoms with Crippen LogP contribution in [0.5, 0.6) is 0 Å². The van der Waals surface area contributed by atoms with Gasteiger partial charge in [0.25, 0.3) is 0 Å². The van der Waals surface area contributed by atoms with Crippen molar-refractivity contribution >= 4 is 5.84 Å². The second kappa shape index (κ2) is 5.07. The fourth-order valence-electron chi connectivity index (χ4n) is 1.69. The first-order valence-electron chi connectivity index (χ1n) is 4.92. The van der Waals surface area contributed by atoms with E-state index in [1.165, 1.54) is 12.8 Å². The van der Waals surface area contributed by atoms with Crippen LogP contribution in [-0.4, -0.2) is 23.6 Å². The van der Waals surface area contributed by atoms with Gasteiger partial charge < -0.3 is 16.3 Å². The van der Waals surface area contributed by atoms with Crippen LogP contribution in [0.1, 0.15) is 32.6 Å². The van der Waals surface area contributed by atoms with Crippen molar-refractivity contribution < 1.29 is 5.21 Å². The molecule has 1 fully saturated rings.